The number of hydrogen-bond acceptors (Lipinski definition) is 6. The van der Waals surface area contributed by atoms with E-state index in [0.717, 1.165) is 23.1 Å². The average Bonchev–Trinajstić information content (AvgIpc) is 3.03. The predicted octanol–water partition coefficient (Wildman–Crippen LogP) is 5.18. The average molecular weight is 440 g/mol. The zero-order chi connectivity index (χ0) is 22.4. The number of amides is 2. The maximum atomic E-state index is 12.8. The molecule has 1 heterocycles. The standard InChI is InChI=1S/C24H25NO5S/c1-4-16(3)30-20-12-11-17(13-21(20)29-5-2)14-22-23(27)25(24(28)31-22)15-19(26)18-9-7-6-8-10-18/h6-14,16H,4-5,15H2,1-3H3/b22-14+/t16-/m0/s1. The summed E-state index contributed by atoms with van der Waals surface area (Å²) in [4.78, 5) is 38.8. The van der Waals surface area contributed by atoms with E-state index in [0.29, 0.717) is 29.2 Å². The van der Waals surface area contributed by atoms with E-state index in [1.807, 2.05) is 26.8 Å². The molecule has 1 fully saturated rings. The molecule has 0 bridgehead atoms. The molecule has 7 heteroatoms. The minimum absolute atomic E-state index is 0.0451. The molecule has 0 aromatic heterocycles. The fourth-order valence-electron chi connectivity index (χ4n) is 2.93. The number of thioether (sulfide) groups is 1. The third-order valence-corrected chi connectivity index (χ3v) is 5.65. The first-order valence-electron chi connectivity index (χ1n) is 10.2. The first kappa shape index (κ1) is 22.6. The SMILES string of the molecule is CCOc1cc(/C=C2/SC(=O)N(CC(=O)c3ccccc3)C2=O)ccc1O[C@@H](C)CC. The Balaban J connectivity index is 1.78. The van der Waals surface area contributed by atoms with Crippen molar-refractivity contribution in [2.24, 2.45) is 0 Å². The van der Waals surface area contributed by atoms with Gasteiger partial charge in [-0.15, -0.1) is 0 Å². The normalized spacial score (nSPS) is 16.0. The van der Waals surface area contributed by atoms with E-state index in [2.05, 4.69) is 0 Å². The molecule has 0 aliphatic carbocycles. The van der Waals surface area contributed by atoms with Crippen LogP contribution in [-0.4, -0.2) is 41.1 Å². The maximum Gasteiger partial charge on any atom is 0.293 e. The van der Waals surface area contributed by atoms with Gasteiger partial charge < -0.3 is 9.47 Å². The Labute approximate surface area is 186 Å². The number of carbonyl (C=O) groups is 3. The maximum absolute atomic E-state index is 12.8. The Bertz CT molecular complexity index is 1000. The topological polar surface area (TPSA) is 72.9 Å². The van der Waals surface area contributed by atoms with E-state index in [9.17, 15) is 14.4 Å². The van der Waals surface area contributed by atoms with Crippen molar-refractivity contribution in [3.63, 3.8) is 0 Å². The molecule has 0 unspecified atom stereocenters. The summed E-state index contributed by atoms with van der Waals surface area (Å²) in [7, 11) is 0. The van der Waals surface area contributed by atoms with Crippen LogP contribution in [-0.2, 0) is 4.79 Å². The molecule has 0 radical (unpaired) electrons. The van der Waals surface area contributed by atoms with Gasteiger partial charge in [0.2, 0.25) is 0 Å². The van der Waals surface area contributed by atoms with Crippen molar-refractivity contribution in [3.05, 3.63) is 64.6 Å². The highest BCUT2D eigenvalue weighted by Gasteiger charge is 2.36. The molecule has 1 saturated heterocycles. The van der Waals surface area contributed by atoms with Crippen molar-refractivity contribution in [3.8, 4) is 11.5 Å². The van der Waals surface area contributed by atoms with Crippen molar-refractivity contribution < 1.29 is 23.9 Å². The van der Waals surface area contributed by atoms with E-state index in [-0.39, 0.29) is 23.3 Å². The minimum Gasteiger partial charge on any atom is -0.490 e. The summed E-state index contributed by atoms with van der Waals surface area (Å²) in [5, 5.41) is -0.456. The van der Waals surface area contributed by atoms with E-state index in [4.69, 9.17) is 9.47 Å². The predicted molar refractivity (Wildman–Crippen MR) is 121 cm³/mol. The first-order chi connectivity index (χ1) is 14.9. The van der Waals surface area contributed by atoms with Crippen LogP contribution < -0.4 is 9.47 Å². The van der Waals surface area contributed by atoms with Crippen LogP contribution >= 0.6 is 11.8 Å². The van der Waals surface area contributed by atoms with Crippen molar-refractivity contribution in [2.75, 3.05) is 13.2 Å². The highest BCUT2D eigenvalue weighted by Crippen LogP contribution is 2.35. The Hall–Kier alpha value is -3.06. The van der Waals surface area contributed by atoms with Crippen LogP contribution in [0.25, 0.3) is 6.08 Å². The zero-order valence-corrected chi connectivity index (χ0v) is 18.6. The van der Waals surface area contributed by atoms with Gasteiger partial charge in [0, 0.05) is 5.56 Å². The molecule has 1 aliphatic heterocycles. The lowest BCUT2D eigenvalue weighted by atomic mass is 10.1. The summed E-state index contributed by atoms with van der Waals surface area (Å²) in [6.45, 7) is 6.10. The fraction of sp³-hybridized carbons (Fsp3) is 0.292. The Morgan fingerprint density at radius 2 is 1.84 bits per heavy atom. The first-order valence-corrected chi connectivity index (χ1v) is 11.0. The molecule has 0 N–H and O–H groups in total. The third kappa shape index (κ3) is 5.55. The monoisotopic (exact) mass is 439 g/mol. The highest BCUT2D eigenvalue weighted by molar-refractivity contribution is 8.18. The summed E-state index contributed by atoms with van der Waals surface area (Å²) in [5.74, 6) is 0.455. The molecule has 1 atom stereocenters. The van der Waals surface area contributed by atoms with Gasteiger partial charge in [-0.2, -0.15) is 0 Å². The third-order valence-electron chi connectivity index (χ3n) is 4.74. The molecule has 0 saturated carbocycles. The van der Waals surface area contributed by atoms with Crippen LogP contribution in [0.1, 0.15) is 43.1 Å². The summed E-state index contributed by atoms with van der Waals surface area (Å²) in [6.07, 6.45) is 2.54. The number of nitrogens with zero attached hydrogens (tertiary/aromatic N) is 1. The van der Waals surface area contributed by atoms with Crippen LogP contribution in [0.2, 0.25) is 0 Å². The molecule has 6 nitrogen and oxygen atoms in total. The van der Waals surface area contributed by atoms with Gasteiger partial charge in [0.25, 0.3) is 11.1 Å². The van der Waals surface area contributed by atoms with Gasteiger partial charge in [0.05, 0.1) is 24.2 Å². The molecule has 31 heavy (non-hydrogen) atoms. The van der Waals surface area contributed by atoms with Crippen LogP contribution in [0.4, 0.5) is 4.79 Å². The van der Waals surface area contributed by atoms with Crippen molar-refractivity contribution in [1.82, 2.24) is 4.90 Å². The number of carbonyl (C=O) groups excluding carboxylic acids is 3. The van der Waals surface area contributed by atoms with Gasteiger partial charge in [-0.3, -0.25) is 19.3 Å². The molecule has 162 valence electrons. The number of ether oxygens (including phenoxy) is 2. The largest absolute Gasteiger partial charge is 0.490 e. The Morgan fingerprint density at radius 1 is 1.10 bits per heavy atom. The molecule has 2 amide bonds. The zero-order valence-electron chi connectivity index (χ0n) is 17.8. The minimum atomic E-state index is -0.475. The number of hydrogen-bond donors (Lipinski definition) is 0. The molecule has 1 aliphatic rings. The van der Waals surface area contributed by atoms with E-state index >= 15 is 0 Å². The van der Waals surface area contributed by atoms with E-state index in [1.165, 1.54) is 0 Å². The summed E-state index contributed by atoms with van der Waals surface area (Å²) < 4.78 is 11.6. The second-order valence-corrected chi connectivity index (χ2v) is 8.03. The van der Waals surface area contributed by atoms with Crippen LogP contribution in [0.3, 0.4) is 0 Å². The molecule has 0 spiro atoms. The van der Waals surface area contributed by atoms with Gasteiger partial charge in [-0.25, -0.2) is 0 Å². The number of rotatable bonds is 9. The fourth-order valence-corrected chi connectivity index (χ4v) is 3.77. The lowest BCUT2D eigenvalue weighted by Crippen LogP contribution is -2.33. The Kier molecular flexibility index (Phi) is 7.52. The quantitative estimate of drug-likeness (QED) is 0.396. The summed E-state index contributed by atoms with van der Waals surface area (Å²) in [6, 6.07) is 14.0. The lowest BCUT2D eigenvalue weighted by Gasteiger charge is -2.16. The van der Waals surface area contributed by atoms with E-state index < -0.39 is 11.1 Å². The van der Waals surface area contributed by atoms with Gasteiger partial charge in [0.15, 0.2) is 17.3 Å². The van der Waals surface area contributed by atoms with Crippen LogP contribution in [0.5, 0.6) is 11.5 Å². The molecular formula is C24H25NO5S. The van der Waals surface area contributed by atoms with E-state index in [1.54, 1.807) is 48.5 Å². The number of ketones is 1. The number of imide groups is 1. The number of benzene rings is 2. The van der Waals surface area contributed by atoms with Gasteiger partial charge in [-0.05, 0) is 55.8 Å². The number of Topliss-reactive ketones (excluding diaryl/α,β-unsaturated/α-hetero) is 1. The van der Waals surface area contributed by atoms with Crippen molar-refractivity contribution >= 4 is 34.8 Å². The van der Waals surface area contributed by atoms with Crippen molar-refractivity contribution in [2.45, 2.75) is 33.3 Å². The second kappa shape index (κ2) is 10.3. The van der Waals surface area contributed by atoms with Crippen LogP contribution in [0.15, 0.2) is 53.4 Å². The molecule has 2 aromatic carbocycles. The van der Waals surface area contributed by atoms with Gasteiger partial charge >= 0.3 is 0 Å². The summed E-state index contributed by atoms with van der Waals surface area (Å²) >= 11 is 0.826. The van der Waals surface area contributed by atoms with Gasteiger partial charge in [0.1, 0.15) is 0 Å². The Morgan fingerprint density at radius 3 is 2.52 bits per heavy atom. The summed E-state index contributed by atoms with van der Waals surface area (Å²) in [5.41, 5.74) is 1.17. The molecule has 3 rings (SSSR count). The van der Waals surface area contributed by atoms with Crippen molar-refractivity contribution in [1.29, 1.82) is 0 Å². The molecular weight excluding hydrogens is 414 g/mol. The highest BCUT2D eigenvalue weighted by atomic mass is 32.2. The lowest BCUT2D eigenvalue weighted by molar-refractivity contribution is -0.122. The molecule has 2 aromatic rings. The smallest absolute Gasteiger partial charge is 0.293 e. The van der Waals surface area contributed by atoms with Gasteiger partial charge in [-0.1, -0.05) is 43.3 Å². The van der Waals surface area contributed by atoms with Crippen LogP contribution in [0, 0.1) is 0 Å². The second-order valence-electron chi connectivity index (χ2n) is 7.03.